The SMILES string of the molecule is CCCCC(CNC(=O)OC(C)(C)C)NC(=NCC1CN2CCCC2CO1)NCC.I. The molecule has 0 spiro atoms. The van der Waals surface area contributed by atoms with Crippen molar-refractivity contribution in [3.8, 4) is 0 Å². The van der Waals surface area contributed by atoms with E-state index in [0.29, 0.717) is 19.1 Å². The number of unbranched alkanes of at least 4 members (excludes halogenated alkanes) is 1. The topological polar surface area (TPSA) is 87.2 Å². The number of rotatable bonds is 9. The summed E-state index contributed by atoms with van der Waals surface area (Å²) in [5.41, 5.74) is -0.499. The molecular formula is C22H44IN5O3. The summed E-state index contributed by atoms with van der Waals surface area (Å²) < 4.78 is 11.4. The van der Waals surface area contributed by atoms with Crippen LogP contribution in [0.15, 0.2) is 4.99 Å². The number of morpholine rings is 1. The van der Waals surface area contributed by atoms with Crippen LogP contribution in [0.25, 0.3) is 0 Å². The van der Waals surface area contributed by atoms with Gasteiger partial charge in [-0.1, -0.05) is 19.8 Å². The molecule has 2 aliphatic heterocycles. The van der Waals surface area contributed by atoms with Gasteiger partial charge in [-0.25, -0.2) is 4.79 Å². The number of carbonyl (C=O) groups is 1. The monoisotopic (exact) mass is 553 g/mol. The van der Waals surface area contributed by atoms with Gasteiger partial charge in [0.25, 0.3) is 0 Å². The molecule has 0 aromatic heterocycles. The number of carbonyl (C=O) groups excluding carboxylic acids is 1. The second-order valence-corrected chi connectivity index (χ2v) is 9.33. The second-order valence-electron chi connectivity index (χ2n) is 9.33. The van der Waals surface area contributed by atoms with Gasteiger partial charge >= 0.3 is 6.09 Å². The molecule has 2 rings (SSSR count). The lowest BCUT2D eigenvalue weighted by Crippen LogP contribution is -2.50. The van der Waals surface area contributed by atoms with Crippen LogP contribution in [-0.4, -0.2) is 80.1 Å². The van der Waals surface area contributed by atoms with E-state index in [9.17, 15) is 4.79 Å². The first kappa shape index (κ1) is 28.2. The second kappa shape index (κ2) is 14.4. The Kier molecular flexibility index (Phi) is 13.1. The van der Waals surface area contributed by atoms with E-state index in [1.807, 2.05) is 20.8 Å². The number of ether oxygens (including phenoxy) is 2. The molecule has 3 atom stereocenters. The Balaban J connectivity index is 0.00000480. The van der Waals surface area contributed by atoms with Crippen LogP contribution in [0.5, 0.6) is 0 Å². The first-order chi connectivity index (χ1) is 14.3. The highest BCUT2D eigenvalue weighted by Gasteiger charge is 2.32. The number of fused-ring (bicyclic) bond motifs is 1. The number of amides is 1. The minimum atomic E-state index is -0.499. The van der Waals surface area contributed by atoms with Crippen molar-refractivity contribution in [2.75, 3.05) is 39.3 Å². The summed E-state index contributed by atoms with van der Waals surface area (Å²) in [4.78, 5) is 19.4. The highest BCUT2D eigenvalue weighted by Crippen LogP contribution is 2.22. The molecule has 3 unspecified atom stereocenters. The van der Waals surface area contributed by atoms with Crippen LogP contribution in [-0.2, 0) is 9.47 Å². The average Bonchev–Trinajstić information content (AvgIpc) is 3.14. The zero-order valence-corrected chi connectivity index (χ0v) is 22.4. The molecule has 1 amide bonds. The standard InChI is InChI=1S/C22H43N5O3.HI/c1-6-8-10-17(13-25-21(28)30-22(3,4)5)26-20(23-7-2)24-14-19-15-27-12-9-11-18(27)16-29-19;/h17-19H,6-16H2,1-5H3,(H,25,28)(H2,23,24,26);1H. The first-order valence-corrected chi connectivity index (χ1v) is 11.7. The van der Waals surface area contributed by atoms with E-state index in [2.05, 4.69) is 34.7 Å². The molecule has 2 heterocycles. The maximum atomic E-state index is 12.0. The first-order valence-electron chi connectivity index (χ1n) is 11.7. The van der Waals surface area contributed by atoms with Gasteiger partial charge in [0.15, 0.2) is 5.96 Å². The molecule has 9 heteroatoms. The van der Waals surface area contributed by atoms with E-state index in [0.717, 1.165) is 44.9 Å². The number of alkyl carbamates (subject to hydrolysis) is 1. The number of hydrogen-bond acceptors (Lipinski definition) is 5. The van der Waals surface area contributed by atoms with Gasteiger partial charge in [-0.3, -0.25) is 9.89 Å². The molecule has 2 aliphatic rings. The van der Waals surface area contributed by atoms with Crippen molar-refractivity contribution in [1.29, 1.82) is 0 Å². The summed E-state index contributed by atoms with van der Waals surface area (Å²) in [5.74, 6) is 0.775. The molecule has 0 saturated carbocycles. The average molecular weight is 554 g/mol. The molecule has 3 N–H and O–H groups in total. The Labute approximate surface area is 205 Å². The lowest BCUT2D eigenvalue weighted by Gasteiger charge is -2.34. The summed E-state index contributed by atoms with van der Waals surface area (Å²) in [6.07, 6.45) is 5.42. The van der Waals surface area contributed by atoms with Crippen LogP contribution in [0.1, 0.15) is 66.7 Å². The zero-order chi connectivity index (χ0) is 22.0. The van der Waals surface area contributed by atoms with Gasteiger partial charge in [0.1, 0.15) is 5.60 Å². The Hall–Kier alpha value is -0.810. The lowest BCUT2D eigenvalue weighted by atomic mass is 10.1. The molecule has 0 bridgehead atoms. The molecule has 0 radical (unpaired) electrons. The van der Waals surface area contributed by atoms with Gasteiger partial charge in [-0.2, -0.15) is 0 Å². The van der Waals surface area contributed by atoms with Gasteiger partial charge in [0.05, 0.1) is 19.3 Å². The normalized spacial score (nSPS) is 22.8. The van der Waals surface area contributed by atoms with Crippen molar-refractivity contribution >= 4 is 36.0 Å². The van der Waals surface area contributed by atoms with Crippen LogP contribution in [0.3, 0.4) is 0 Å². The van der Waals surface area contributed by atoms with Gasteiger partial charge in [0.2, 0.25) is 0 Å². The van der Waals surface area contributed by atoms with E-state index in [4.69, 9.17) is 14.5 Å². The van der Waals surface area contributed by atoms with Crippen molar-refractivity contribution < 1.29 is 14.3 Å². The van der Waals surface area contributed by atoms with E-state index < -0.39 is 5.60 Å². The highest BCUT2D eigenvalue weighted by atomic mass is 127. The fraction of sp³-hybridized carbons (Fsp3) is 0.909. The molecule has 0 aliphatic carbocycles. The van der Waals surface area contributed by atoms with E-state index in [-0.39, 0.29) is 42.2 Å². The fourth-order valence-corrected chi connectivity index (χ4v) is 3.90. The number of guanidine groups is 1. The lowest BCUT2D eigenvalue weighted by molar-refractivity contribution is -0.0432. The number of hydrogen-bond donors (Lipinski definition) is 3. The smallest absolute Gasteiger partial charge is 0.407 e. The predicted octanol–water partition coefficient (Wildman–Crippen LogP) is 3.11. The Morgan fingerprint density at radius 3 is 2.74 bits per heavy atom. The van der Waals surface area contributed by atoms with Crippen molar-refractivity contribution in [3.63, 3.8) is 0 Å². The molecule has 31 heavy (non-hydrogen) atoms. The molecule has 182 valence electrons. The van der Waals surface area contributed by atoms with Crippen LogP contribution in [0, 0.1) is 0 Å². The largest absolute Gasteiger partial charge is 0.444 e. The Morgan fingerprint density at radius 2 is 2.06 bits per heavy atom. The minimum Gasteiger partial charge on any atom is -0.444 e. The van der Waals surface area contributed by atoms with Crippen molar-refractivity contribution in [2.45, 2.75) is 90.5 Å². The van der Waals surface area contributed by atoms with E-state index in [1.54, 1.807) is 0 Å². The van der Waals surface area contributed by atoms with E-state index in [1.165, 1.54) is 19.4 Å². The summed E-state index contributed by atoms with van der Waals surface area (Å²) in [6, 6.07) is 0.694. The third-order valence-electron chi connectivity index (χ3n) is 5.40. The fourth-order valence-electron chi connectivity index (χ4n) is 3.90. The summed E-state index contributed by atoms with van der Waals surface area (Å²) >= 11 is 0. The third kappa shape index (κ3) is 11.1. The third-order valence-corrected chi connectivity index (χ3v) is 5.40. The number of nitrogens with one attached hydrogen (secondary N) is 3. The van der Waals surface area contributed by atoms with Crippen molar-refractivity contribution in [2.24, 2.45) is 4.99 Å². The molecule has 8 nitrogen and oxygen atoms in total. The van der Waals surface area contributed by atoms with Crippen LogP contribution in [0.2, 0.25) is 0 Å². The number of aliphatic imine (C=N–C) groups is 1. The van der Waals surface area contributed by atoms with Gasteiger partial charge < -0.3 is 25.4 Å². The summed E-state index contributed by atoms with van der Waals surface area (Å²) in [6.45, 7) is 14.7. The summed E-state index contributed by atoms with van der Waals surface area (Å²) in [7, 11) is 0. The van der Waals surface area contributed by atoms with Gasteiger partial charge in [0, 0.05) is 31.7 Å². The summed E-state index contributed by atoms with van der Waals surface area (Å²) in [5, 5.41) is 9.71. The molecular weight excluding hydrogens is 509 g/mol. The number of halogens is 1. The quantitative estimate of drug-likeness (QED) is 0.231. The van der Waals surface area contributed by atoms with Crippen LogP contribution < -0.4 is 16.0 Å². The Bertz CT molecular complexity index is 556. The van der Waals surface area contributed by atoms with Gasteiger partial charge in [-0.15, -0.1) is 24.0 Å². The maximum absolute atomic E-state index is 12.0. The molecule has 0 aromatic rings. The molecule has 2 saturated heterocycles. The van der Waals surface area contributed by atoms with Crippen LogP contribution >= 0.6 is 24.0 Å². The van der Waals surface area contributed by atoms with Crippen LogP contribution in [0.4, 0.5) is 4.79 Å². The molecule has 0 aromatic carbocycles. The minimum absolute atomic E-state index is 0. The van der Waals surface area contributed by atoms with Crippen molar-refractivity contribution in [3.05, 3.63) is 0 Å². The van der Waals surface area contributed by atoms with Crippen molar-refractivity contribution in [1.82, 2.24) is 20.9 Å². The molecule has 2 fully saturated rings. The van der Waals surface area contributed by atoms with Gasteiger partial charge in [-0.05, 0) is 53.5 Å². The maximum Gasteiger partial charge on any atom is 0.407 e. The van der Waals surface area contributed by atoms with E-state index >= 15 is 0 Å². The Morgan fingerprint density at radius 1 is 1.29 bits per heavy atom. The zero-order valence-electron chi connectivity index (χ0n) is 20.0. The number of nitrogens with zero attached hydrogens (tertiary/aromatic N) is 2. The predicted molar refractivity (Wildman–Crippen MR) is 136 cm³/mol. The highest BCUT2D eigenvalue weighted by molar-refractivity contribution is 14.0.